The van der Waals surface area contributed by atoms with Gasteiger partial charge in [-0.1, -0.05) is 26.0 Å². The number of carbonyl (C=O) groups excluding carboxylic acids is 1. The standard InChI is InChI=1S/C15H24N2O2/c1-15(2,10-16)11-17(3)9-12-6-5-7-13(8-12)14(18)19-4/h5-8H,9-11,16H2,1-4H3. The van der Waals surface area contributed by atoms with Crippen LogP contribution in [0.4, 0.5) is 0 Å². The lowest BCUT2D eigenvalue weighted by molar-refractivity contribution is 0.0600. The molecular formula is C15H24N2O2. The number of hydrogen-bond donors (Lipinski definition) is 1. The minimum atomic E-state index is -0.299. The molecule has 0 bridgehead atoms. The predicted octanol–water partition coefficient (Wildman–Crippen LogP) is 1.89. The van der Waals surface area contributed by atoms with Gasteiger partial charge < -0.3 is 15.4 Å². The first-order valence-electron chi connectivity index (χ1n) is 6.44. The topological polar surface area (TPSA) is 55.6 Å². The fourth-order valence-electron chi connectivity index (χ4n) is 2.08. The molecule has 0 heterocycles. The average Bonchev–Trinajstić information content (AvgIpc) is 2.37. The molecule has 4 nitrogen and oxygen atoms in total. The first-order chi connectivity index (χ1) is 8.88. The number of esters is 1. The molecule has 0 amide bonds. The number of ether oxygens (including phenoxy) is 1. The number of nitrogens with two attached hydrogens (primary N) is 1. The van der Waals surface area contributed by atoms with Crippen LogP contribution in [0.5, 0.6) is 0 Å². The summed E-state index contributed by atoms with van der Waals surface area (Å²) < 4.78 is 4.73. The minimum Gasteiger partial charge on any atom is -0.465 e. The van der Waals surface area contributed by atoms with Crippen molar-refractivity contribution in [1.29, 1.82) is 0 Å². The third-order valence-electron chi connectivity index (χ3n) is 3.05. The van der Waals surface area contributed by atoms with E-state index in [4.69, 9.17) is 10.5 Å². The summed E-state index contributed by atoms with van der Waals surface area (Å²) in [6.07, 6.45) is 0. The SMILES string of the molecule is COC(=O)c1cccc(CN(C)CC(C)(C)CN)c1. The third-order valence-corrected chi connectivity index (χ3v) is 3.05. The molecule has 0 saturated heterocycles. The van der Waals surface area contributed by atoms with E-state index < -0.39 is 0 Å². The van der Waals surface area contributed by atoms with Gasteiger partial charge in [0.05, 0.1) is 12.7 Å². The Labute approximate surface area is 115 Å². The predicted molar refractivity (Wildman–Crippen MR) is 77.0 cm³/mol. The number of rotatable bonds is 6. The Balaban J connectivity index is 2.69. The van der Waals surface area contributed by atoms with Gasteiger partial charge in [0.15, 0.2) is 0 Å². The Morgan fingerprint density at radius 2 is 2.11 bits per heavy atom. The summed E-state index contributed by atoms with van der Waals surface area (Å²) in [6, 6.07) is 7.53. The number of hydrogen-bond acceptors (Lipinski definition) is 4. The van der Waals surface area contributed by atoms with Crippen molar-refractivity contribution in [2.24, 2.45) is 11.1 Å². The van der Waals surface area contributed by atoms with E-state index in [9.17, 15) is 4.79 Å². The molecule has 0 unspecified atom stereocenters. The lowest BCUT2D eigenvalue weighted by Gasteiger charge is -2.29. The van der Waals surface area contributed by atoms with Gasteiger partial charge in [-0.25, -0.2) is 4.79 Å². The van der Waals surface area contributed by atoms with Crippen molar-refractivity contribution in [3.63, 3.8) is 0 Å². The molecule has 2 N–H and O–H groups in total. The van der Waals surface area contributed by atoms with Crippen LogP contribution >= 0.6 is 0 Å². The van der Waals surface area contributed by atoms with Gasteiger partial charge >= 0.3 is 5.97 Å². The molecule has 4 heteroatoms. The van der Waals surface area contributed by atoms with Crippen molar-refractivity contribution in [2.75, 3.05) is 27.2 Å². The maximum absolute atomic E-state index is 11.5. The number of carbonyl (C=O) groups is 1. The van der Waals surface area contributed by atoms with Gasteiger partial charge in [-0.3, -0.25) is 0 Å². The van der Waals surface area contributed by atoms with Crippen LogP contribution in [-0.4, -0.2) is 38.1 Å². The Hall–Kier alpha value is -1.39. The van der Waals surface area contributed by atoms with Gasteiger partial charge in [-0.2, -0.15) is 0 Å². The largest absolute Gasteiger partial charge is 0.465 e. The zero-order chi connectivity index (χ0) is 14.5. The zero-order valence-corrected chi connectivity index (χ0v) is 12.3. The molecule has 106 valence electrons. The van der Waals surface area contributed by atoms with Gasteiger partial charge in [0.2, 0.25) is 0 Å². The molecule has 0 fully saturated rings. The molecule has 0 aliphatic carbocycles. The molecular weight excluding hydrogens is 240 g/mol. The lowest BCUT2D eigenvalue weighted by atomic mass is 9.93. The maximum Gasteiger partial charge on any atom is 0.337 e. The normalized spacial score (nSPS) is 11.7. The monoisotopic (exact) mass is 264 g/mol. The fraction of sp³-hybridized carbons (Fsp3) is 0.533. The zero-order valence-electron chi connectivity index (χ0n) is 12.3. The van der Waals surface area contributed by atoms with Gasteiger partial charge in [0.25, 0.3) is 0 Å². The van der Waals surface area contributed by atoms with Crippen LogP contribution in [0.25, 0.3) is 0 Å². The first-order valence-corrected chi connectivity index (χ1v) is 6.44. The van der Waals surface area contributed by atoms with Crippen LogP contribution in [0.15, 0.2) is 24.3 Å². The molecule has 0 spiro atoms. The fourth-order valence-corrected chi connectivity index (χ4v) is 2.08. The van der Waals surface area contributed by atoms with Crippen molar-refractivity contribution >= 4 is 5.97 Å². The molecule has 0 aromatic heterocycles. The van der Waals surface area contributed by atoms with E-state index in [0.717, 1.165) is 18.7 Å². The molecule has 0 radical (unpaired) electrons. The summed E-state index contributed by atoms with van der Waals surface area (Å²) in [5.41, 5.74) is 7.52. The summed E-state index contributed by atoms with van der Waals surface area (Å²) in [7, 11) is 3.45. The highest BCUT2D eigenvalue weighted by atomic mass is 16.5. The van der Waals surface area contributed by atoms with Gasteiger partial charge in [0.1, 0.15) is 0 Å². The summed E-state index contributed by atoms with van der Waals surface area (Å²) in [5.74, 6) is -0.299. The number of methoxy groups -OCH3 is 1. The molecule has 19 heavy (non-hydrogen) atoms. The van der Waals surface area contributed by atoms with E-state index in [-0.39, 0.29) is 11.4 Å². The quantitative estimate of drug-likeness (QED) is 0.797. The van der Waals surface area contributed by atoms with Crippen LogP contribution in [-0.2, 0) is 11.3 Å². The molecule has 0 atom stereocenters. The number of benzene rings is 1. The summed E-state index contributed by atoms with van der Waals surface area (Å²) in [6.45, 7) is 6.64. The highest BCUT2D eigenvalue weighted by molar-refractivity contribution is 5.89. The molecule has 0 saturated carbocycles. The Morgan fingerprint density at radius 3 is 2.68 bits per heavy atom. The van der Waals surface area contributed by atoms with E-state index in [1.54, 1.807) is 6.07 Å². The smallest absolute Gasteiger partial charge is 0.337 e. The summed E-state index contributed by atoms with van der Waals surface area (Å²) in [5, 5.41) is 0. The van der Waals surface area contributed by atoms with Crippen molar-refractivity contribution < 1.29 is 9.53 Å². The molecule has 1 aromatic rings. The van der Waals surface area contributed by atoms with Crippen molar-refractivity contribution in [3.05, 3.63) is 35.4 Å². The second-order valence-corrected chi connectivity index (χ2v) is 5.73. The minimum absolute atomic E-state index is 0.0920. The molecule has 1 aromatic carbocycles. The first kappa shape index (κ1) is 15.7. The second kappa shape index (κ2) is 6.68. The Bertz CT molecular complexity index is 430. The van der Waals surface area contributed by atoms with Gasteiger partial charge in [-0.05, 0) is 36.7 Å². The van der Waals surface area contributed by atoms with Crippen molar-refractivity contribution in [1.82, 2.24) is 4.90 Å². The highest BCUT2D eigenvalue weighted by Gasteiger charge is 2.18. The summed E-state index contributed by atoms with van der Waals surface area (Å²) in [4.78, 5) is 13.7. The average molecular weight is 264 g/mol. The number of nitrogens with zero attached hydrogens (tertiary/aromatic N) is 1. The lowest BCUT2D eigenvalue weighted by Crippen LogP contribution is -2.36. The van der Waals surface area contributed by atoms with Crippen LogP contribution in [0.3, 0.4) is 0 Å². The molecule has 1 rings (SSSR count). The van der Waals surface area contributed by atoms with Gasteiger partial charge in [0, 0.05) is 13.1 Å². The van der Waals surface area contributed by atoms with Crippen LogP contribution < -0.4 is 5.73 Å². The van der Waals surface area contributed by atoms with Crippen LogP contribution in [0.2, 0.25) is 0 Å². The van der Waals surface area contributed by atoms with E-state index in [1.807, 2.05) is 18.2 Å². The third kappa shape index (κ3) is 5.01. The van der Waals surface area contributed by atoms with E-state index >= 15 is 0 Å². The van der Waals surface area contributed by atoms with E-state index in [2.05, 4.69) is 25.8 Å². The summed E-state index contributed by atoms with van der Waals surface area (Å²) >= 11 is 0. The van der Waals surface area contributed by atoms with Crippen molar-refractivity contribution in [3.8, 4) is 0 Å². The van der Waals surface area contributed by atoms with Gasteiger partial charge in [-0.15, -0.1) is 0 Å². The molecule has 0 aliphatic heterocycles. The second-order valence-electron chi connectivity index (χ2n) is 5.73. The highest BCUT2D eigenvalue weighted by Crippen LogP contribution is 2.16. The van der Waals surface area contributed by atoms with Crippen LogP contribution in [0.1, 0.15) is 29.8 Å². The Kier molecular flexibility index (Phi) is 5.51. The van der Waals surface area contributed by atoms with E-state index in [1.165, 1.54) is 7.11 Å². The van der Waals surface area contributed by atoms with E-state index in [0.29, 0.717) is 12.1 Å². The van der Waals surface area contributed by atoms with Crippen LogP contribution in [0, 0.1) is 5.41 Å². The maximum atomic E-state index is 11.5. The van der Waals surface area contributed by atoms with Crippen molar-refractivity contribution in [2.45, 2.75) is 20.4 Å². The Morgan fingerprint density at radius 1 is 1.42 bits per heavy atom. The molecule has 0 aliphatic rings.